The molecule has 0 aromatic heterocycles. The Morgan fingerprint density at radius 2 is 2.08 bits per heavy atom. The van der Waals surface area contributed by atoms with Crippen LogP contribution in [0.4, 0.5) is 4.79 Å². The van der Waals surface area contributed by atoms with Gasteiger partial charge in [0.15, 0.2) is 0 Å². The molecule has 6 heteroatoms. The van der Waals surface area contributed by atoms with Crippen molar-refractivity contribution in [3.05, 3.63) is 29.8 Å². The summed E-state index contributed by atoms with van der Waals surface area (Å²) in [4.78, 5) is 26.4. The van der Waals surface area contributed by atoms with Gasteiger partial charge in [0.05, 0.1) is 7.11 Å². The van der Waals surface area contributed by atoms with Crippen LogP contribution in [0.3, 0.4) is 0 Å². The van der Waals surface area contributed by atoms with Gasteiger partial charge in [0, 0.05) is 19.1 Å². The Balaban J connectivity index is 1.76. The highest BCUT2D eigenvalue weighted by molar-refractivity contribution is 5.87. The first-order valence-corrected chi connectivity index (χ1v) is 8.99. The molecule has 25 heavy (non-hydrogen) atoms. The van der Waals surface area contributed by atoms with E-state index in [0.717, 1.165) is 37.1 Å². The number of carbonyl (C=O) groups is 2. The van der Waals surface area contributed by atoms with Crippen LogP contribution in [0.2, 0.25) is 0 Å². The number of benzene rings is 1. The minimum atomic E-state index is -0.521. The van der Waals surface area contributed by atoms with E-state index < -0.39 is 6.04 Å². The lowest BCUT2D eigenvalue weighted by Gasteiger charge is -2.35. The summed E-state index contributed by atoms with van der Waals surface area (Å²) in [5, 5.41) is 5.55. The summed E-state index contributed by atoms with van der Waals surface area (Å²) in [7, 11) is 1.63. The van der Waals surface area contributed by atoms with Gasteiger partial charge in [-0.1, -0.05) is 18.2 Å². The maximum Gasteiger partial charge on any atom is 0.315 e. The molecule has 0 radical (unpaired) electrons. The Bertz CT molecular complexity index is 591. The SMILES string of the molecule is COc1ccccc1CCNC(=O)N[C@H](C)C(=O)N1CCCC[C@H]1C. The fourth-order valence-electron chi connectivity index (χ4n) is 3.20. The van der Waals surface area contributed by atoms with Crippen molar-refractivity contribution in [3.63, 3.8) is 0 Å². The Kier molecular flexibility index (Phi) is 7.10. The van der Waals surface area contributed by atoms with Crippen LogP contribution in [0.1, 0.15) is 38.7 Å². The minimum absolute atomic E-state index is 0.00733. The van der Waals surface area contributed by atoms with E-state index in [1.54, 1.807) is 14.0 Å². The van der Waals surface area contributed by atoms with E-state index in [1.165, 1.54) is 0 Å². The normalized spacial score (nSPS) is 18.4. The molecule has 0 saturated carbocycles. The van der Waals surface area contributed by atoms with Gasteiger partial charge in [-0.05, 0) is 51.2 Å². The molecule has 0 bridgehead atoms. The predicted molar refractivity (Wildman–Crippen MR) is 97.7 cm³/mol. The van der Waals surface area contributed by atoms with Crippen molar-refractivity contribution >= 4 is 11.9 Å². The largest absolute Gasteiger partial charge is 0.496 e. The van der Waals surface area contributed by atoms with Crippen LogP contribution in [0.15, 0.2) is 24.3 Å². The molecule has 0 unspecified atom stereocenters. The zero-order valence-corrected chi connectivity index (χ0v) is 15.4. The van der Waals surface area contributed by atoms with E-state index in [2.05, 4.69) is 17.6 Å². The van der Waals surface area contributed by atoms with E-state index in [1.807, 2.05) is 29.2 Å². The number of amides is 3. The zero-order chi connectivity index (χ0) is 18.2. The lowest BCUT2D eigenvalue weighted by molar-refractivity contribution is -0.136. The maximum absolute atomic E-state index is 12.5. The number of hydrogen-bond acceptors (Lipinski definition) is 3. The van der Waals surface area contributed by atoms with Crippen LogP contribution in [-0.4, -0.2) is 49.1 Å². The van der Waals surface area contributed by atoms with Crippen molar-refractivity contribution in [3.8, 4) is 5.75 Å². The van der Waals surface area contributed by atoms with Gasteiger partial charge in [-0.25, -0.2) is 4.79 Å². The summed E-state index contributed by atoms with van der Waals surface area (Å²) in [5.74, 6) is 0.805. The highest BCUT2D eigenvalue weighted by atomic mass is 16.5. The topological polar surface area (TPSA) is 70.7 Å². The van der Waals surface area contributed by atoms with E-state index >= 15 is 0 Å². The second-order valence-electron chi connectivity index (χ2n) is 6.56. The first-order valence-electron chi connectivity index (χ1n) is 8.99. The standard InChI is InChI=1S/C19H29N3O3/c1-14-8-6-7-13-22(14)18(23)15(2)21-19(24)20-12-11-16-9-4-5-10-17(16)25-3/h4-5,9-10,14-15H,6-8,11-13H2,1-3H3,(H2,20,21,24)/t14-,15-/m1/s1. The molecule has 1 aliphatic heterocycles. The number of likely N-dealkylation sites (tertiary alicyclic amines) is 1. The number of nitrogens with zero attached hydrogens (tertiary/aromatic N) is 1. The number of hydrogen-bond donors (Lipinski definition) is 2. The third kappa shape index (κ3) is 5.37. The number of nitrogens with one attached hydrogen (secondary N) is 2. The average Bonchev–Trinajstić information content (AvgIpc) is 2.62. The highest BCUT2D eigenvalue weighted by Gasteiger charge is 2.27. The molecule has 0 aliphatic carbocycles. The van der Waals surface area contributed by atoms with Crippen LogP contribution in [0.5, 0.6) is 5.75 Å². The molecule has 2 rings (SSSR count). The smallest absolute Gasteiger partial charge is 0.315 e. The van der Waals surface area contributed by atoms with E-state index in [0.29, 0.717) is 13.0 Å². The highest BCUT2D eigenvalue weighted by Crippen LogP contribution is 2.18. The van der Waals surface area contributed by atoms with Crippen molar-refractivity contribution in [1.29, 1.82) is 0 Å². The number of urea groups is 1. The average molecular weight is 347 g/mol. The first-order chi connectivity index (χ1) is 12.0. The molecule has 3 amide bonds. The van der Waals surface area contributed by atoms with Gasteiger partial charge < -0.3 is 20.3 Å². The molecule has 1 aliphatic rings. The van der Waals surface area contributed by atoms with Gasteiger partial charge in [0.1, 0.15) is 11.8 Å². The molecule has 6 nitrogen and oxygen atoms in total. The molecule has 2 N–H and O–H groups in total. The Morgan fingerprint density at radius 3 is 2.80 bits per heavy atom. The number of piperidine rings is 1. The fraction of sp³-hybridized carbons (Fsp3) is 0.579. The summed E-state index contributed by atoms with van der Waals surface area (Å²) in [6.45, 7) is 5.06. The number of methoxy groups -OCH3 is 1. The van der Waals surface area contributed by atoms with E-state index in [-0.39, 0.29) is 18.0 Å². The second-order valence-corrected chi connectivity index (χ2v) is 6.56. The number of carbonyl (C=O) groups excluding carboxylic acids is 2. The Morgan fingerprint density at radius 1 is 1.32 bits per heavy atom. The molecule has 1 heterocycles. The Hall–Kier alpha value is -2.24. The predicted octanol–water partition coefficient (Wildman–Crippen LogP) is 2.33. The van der Waals surface area contributed by atoms with Gasteiger partial charge in [0.2, 0.25) is 5.91 Å². The van der Waals surface area contributed by atoms with Gasteiger partial charge in [-0.15, -0.1) is 0 Å². The quantitative estimate of drug-likeness (QED) is 0.830. The van der Waals surface area contributed by atoms with Crippen molar-refractivity contribution in [2.75, 3.05) is 20.2 Å². The number of rotatable bonds is 6. The monoisotopic (exact) mass is 347 g/mol. The molecule has 1 fully saturated rings. The molecule has 1 aromatic carbocycles. The van der Waals surface area contributed by atoms with Crippen LogP contribution in [0, 0.1) is 0 Å². The van der Waals surface area contributed by atoms with Crippen LogP contribution in [0.25, 0.3) is 0 Å². The number of para-hydroxylation sites is 1. The lowest BCUT2D eigenvalue weighted by atomic mass is 10.0. The third-order valence-electron chi connectivity index (χ3n) is 4.68. The Labute approximate surface area is 149 Å². The van der Waals surface area contributed by atoms with Gasteiger partial charge in [-0.2, -0.15) is 0 Å². The first kappa shape index (κ1) is 19.1. The minimum Gasteiger partial charge on any atom is -0.496 e. The third-order valence-corrected chi connectivity index (χ3v) is 4.68. The maximum atomic E-state index is 12.5. The molecular formula is C19H29N3O3. The summed E-state index contributed by atoms with van der Waals surface area (Å²) in [6, 6.07) is 7.14. The molecule has 1 saturated heterocycles. The fourth-order valence-corrected chi connectivity index (χ4v) is 3.20. The summed E-state index contributed by atoms with van der Waals surface area (Å²) >= 11 is 0. The molecule has 138 valence electrons. The van der Waals surface area contributed by atoms with Gasteiger partial charge in [0.25, 0.3) is 0 Å². The van der Waals surface area contributed by atoms with Crippen molar-refractivity contribution in [2.24, 2.45) is 0 Å². The van der Waals surface area contributed by atoms with Crippen LogP contribution >= 0.6 is 0 Å². The molecule has 1 aromatic rings. The molecule has 0 spiro atoms. The summed E-state index contributed by atoms with van der Waals surface area (Å²) < 4.78 is 5.30. The van der Waals surface area contributed by atoms with Crippen molar-refractivity contribution < 1.29 is 14.3 Å². The molecule has 2 atom stereocenters. The zero-order valence-electron chi connectivity index (χ0n) is 15.4. The van der Waals surface area contributed by atoms with E-state index in [9.17, 15) is 9.59 Å². The second kappa shape index (κ2) is 9.30. The lowest BCUT2D eigenvalue weighted by Crippen LogP contribution is -2.53. The summed E-state index contributed by atoms with van der Waals surface area (Å²) in [6.07, 6.45) is 3.90. The number of ether oxygens (including phenoxy) is 1. The van der Waals surface area contributed by atoms with Gasteiger partial charge >= 0.3 is 6.03 Å². The molecular weight excluding hydrogens is 318 g/mol. The van der Waals surface area contributed by atoms with Crippen LogP contribution < -0.4 is 15.4 Å². The summed E-state index contributed by atoms with van der Waals surface area (Å²) in [5.41, 5.74) is 1.04. The van der Waals surface area contributed by atoms with Crippen molar-refractivity contribution in [1.82, 2.24) is 15.5 Å². The van der Waals surface area contributed by atoms with Crippen molar-refractivity contribution in [2.45, 2.75) is 51.6 Å². The van der Waals surface area contributed by atoms with Gasteiger partial charge in [-0.3, -0.25) is 4.79 Å². The van der Waals surface area contributed by atoms with E-state index in [4.69, 9.17) is 4.74 Å². The van der Waals surface area contributed by atoms with Crippen LogP contribution in [-0.2, 0) is 11.2 Å².